The van der Waals surface area contributed by atoms with E-state index in [-0.39, 0.29) is 19.3 Å². The molecule has 0 saturated carbocycles. The van der Waals surface area contributed by atoms with Crippen LogP contribution in [0.1, 0.15) is 31.1 Å². The predicted molar refractivity (Wildman–Crippen MR) is 143 cm³/mol. The van der Waals surface area contributed by atoms with Crippen molar-refractivity contribution in [3.63, 3.8) is 0 Å². The number of nitrogens with zero attached hydrogens (tertiary/aromatic N) is 1. The van der Waals surface area contributed by atoms with Crippen LogP contribution >= 0.6 is 0 Å². The van der Waals surface area contributed by atoms with Crippen molar-refractivity contribution in [2.24, 2.45) is 0 Å². The highest BCUT2D eigenvalue weighted by molar-refractivity contribution is 5.71. The molecule has 3 atom stereocenters. The Balaban J connectivity index is 1.61. The molecule has 0 saturated heterocycles. The second-order valence-corrected chi connectivity index (χ2v) is 8.95. The molecule has 3 aromatic carbocycles. The zero-order valence-electron chi connectivity index (χ0n) is 21.5. The fourth-order valence-corrected chi connectivity index (χ4v) is 4.01. The Hall–Kier alpha value is -3.39. The highest BCUT2D eigenvalue weighted by atomic mass is 16.6. The average Bonchev–Trinajstić information content (AvgIpc) is 2.92. The van der Waals surface area contributed by atoms with Gasteiger partial charge >= 0.3 is 5.97 Å². The van der Waals surface area contributed by atoms with Crippen molar-refractivity contribution in [1.82, 2.24) is 4.90 Å². The average molecular weight is 508 g/mol. The van der Waals surface area contributed by atoms with Crippen LogP contribution in [0, 0.1) is 0 Å². The van der Waals surface area contributed by atoms with Crippen molar-refractivity contribution >= 4 is 5.97 Å². The number of aliphatic hydroxyl groups is 2. The summed E-state index contributed by atoms with van der Waals surface area (Å²) in [6, 6.07) is 26.5. The number of para-hydroxylation sites is 1. The van der Waals surface area contributed by atoms with E-state index < -0.39 is 18.2 Å². The minimum Gasteiger partial charge on any atom is -0.491 e. The van der Waals surface area contributed by atoms with E-state index in [2.05, 4.69) is 11.8 Å². The number of hydrogen-bond acceptors (Lipinski definition) is 7. The number of ether oxygens (including phenoxy) is 3. The van der Waals surface area contributed by atoms with Crippen molar-refractivity contribution in [2.75, 3.05) is 32.9 Å². The van der Waals surface area contributed by atoms with Gasteiger partial charge in [-0.15, -0.1) is 0 Å². The fourth-order valence-electron chi connectivity index (χ4n) is 4.01. The quantitative estimate of drug-likeness (QED) is 0.300. The van der Waals surface area contributed by atoms with Crippen LogP contribution in [0.15, 0.2) is 84.9 Å². The molecule has 198 valence electrons. The number of aliphatic hydroxyl groups excluding tert-OH is 2. The number of rotatable bonds is 15. The van der Waals surface area contributed by atoms with Gasteiger partial charge < -0.3 is 24.4 Å². The second kappa shape index (κ2) is 15.0. The molecule has 0 amide bonds. The van der Waals surface area contributed by atoms with Gasteiger partial charge in [-0.2, -0.15) is 0 Å². The molecule has 2 N–H and O–H groups in total. The Kier molecular flexibility index (Phi) is 11.4. The Morgan fingerprint density at radius 2 is 1.46 bits per heavy atom. The highest BCUT2D eigenvalue weighted by Crippen LogP contribution is 2.20. The maximum atomic E-state index is 11.5. The van der Waals surface area contributed by atoms with Crippen molar-refractivity contribution in [3.8, 4) is 11.5 Å². The van der Waals surface area contributed by atoms with E-state index in [1.165, 1.54) is 0 Å². The summed E-state index contributed by atoms with van der Waals surface area (Å²) in [5, 5.41) is 21.7. The summed E-state index contributed by atoms with van der Waals surface area (Å²) < 4.78 is 16.1. The molecule has 0 spiro atoms. The topological polar surface area (TPSA) is 88.5 Å². The summed E-state index contributed by atoms with van der Waals surface area (Å²) in [6.07, 6.45) is -0.722. The minimum absolute atomic E-state index is 0.0241. The van der Waals surface area contributed by atoms with Gasteiger partial charge in [-0.25, -0.2) is 4.79 Å². The largest absolute Gasteiger partial charge is 0.491 e. The van der Waals surface area contributed by atoms with Gasteiger partial charge in [-0.05, 0) is 55.7 Å². The second-order valence-electron chi connectivity index (χ2n) is 8.95. The van der Waals surface area contributed by atoms with E-state index in [1.54, 1.807) is 6.92 Å². The molecule has 0 aliphatic rings. The molecule has 0 aliphatic carbocycles. The van der Waals surface area contributed by atoms with Crippen LogP contribution in [0.3, 0.4) is 0 Å². The summed E-state index contributed by atoms with van der Waals surface area (Å²) >= 11 is 0. The van der Waals surface area contributed by atoms with Crippen LogP contribution in [0.5, 0.6) is 11.5 Å². The van der Waals surface area contributed by atoms with Crippen LogP contribution in [0.25, 0.3) is 0 Å². The first-order valence-corrected chi connectivity index (χ1v) is 12.6. The normalized spacial score (nSPS) is 13.5. The molecule has 7 nitrogen and oxygen atoms in total. The molecule has 0 aromatic heterocycles. The van der Waals surface area contributed by atoms with Crippen molar-refractivity contribution in [1.29, 1.82) is 0 Å². The SMILES string of the molecule is CCOC(=O)COc1ccc(C[C@@H](C)N(C[C@@H](O)COc2ccccc2)C[C@H](O)c2ccccc2)cc1. The molecule has 7 heteroatoms. The zero-order chi connectivity index (χ0) is 26.5. The fraction of sp³-hybridized carbons (Fsp3) is 0.367. The number of carbonyl (C=O) groups excluding carboxylic acids is 1. The monoisotopic (exact) mass is 507 g/mol. The number of esters is 1. The lowest BCUT2D eigenvalue weighted by Crippen LogP contribution is -2.44. The third-order valence-corrected chi connectivity index (χ3v) is 5.96. The molecular formula is C30H37NO6. The van der Waals surface area contributed by atoms with E-state index in [0.717, 1.165) is 11.1 Å². The lowest BCUT2D eigenvalue weighted by molar-refractivity contribution is -0.145. The smallest absolute Gasteiger partial charge is 0.344 e. The van der Waals surface area contributed by atoms with Crippen LogP contribution in [0.2, 0.25) is 0 Å². The van der Waals surface area contributed by atoms with Crippen molar-refractivity contribution < 1.29 is 29.2 Å². The Labute approximate surface area is 219 Å². The summed E-state index contributed by atoms with van der Waals surface area (Å²) in [6.45, 7) is 4.90. The molecule has 3 rings (SSSR count). The first-order chi connectivity index (χ1) is 17.9. The molecule has 0 aliphatic heterocycles. The van der Waals surface area contributed by atoms with Crippen LogP contribution in [-0.2, 0) is 16.0 Å². The van der Waals surface area contributed by atoms with Crippen LogP contribution < -0.4 is 9.47 Å². The van der Waals surface area contributed by atoms with Crippen molar-refractivity contribution in [2.45, 2.75) is 38.5 Å². The summed E-state index contributed by atoms with van der Waals surface area (Å²) in [5.41, 5.74) is 1.91. The van der Waals surface area contributed by atoms with E-state index in [0.29, 0.717) is 37.6 Å². The van der Waals surface area contributed by atoms with Crippen molar-refractivity contribution in [3.05, 3.63) is 96.1 Å². The predicted octanol–water partition coefficient (Wildman–Crippen LogP) is 4.04. The molecular weight excluding hydrogens is 470 g/mol. The van der Waals surface area contributed by atoms with Gasteiger partial charge in [0.25, 0.3) is 0 Å². The summed E-state index contributed by atoms with van der Waals surface area (Å²) in [7, 11) is 0. The first kappa shape index (κ1) is 28.2. The molecule has 37 heavy (non-hydrogen) atoms. The highest BCUT2D eigenvalue weighted by Gasteiger charge is 2.22. The molecule has 0 unspecified atom stereocenters. The number of carbonyl (C=O) groups is 1. The van der Waals surface area contributed by atoms with Crippen LogP contribution in [-0.4, -0.2) is 66.1 Å². The third-order valence-electron chi connectivity index (χ3n) is 5.96. The Morgan fingerprint density at radius 3 is 2.11 bits per heavy atom. The summed E-state index contributed by atoms with van der Waals surface area (Å²) in [5.74, 6) is 0.896. The Morgan fingerprint density at radius 1 is 0.838 bits per heavy atom. The number of hydrogen-bond donors (Lipinski definition) is 2. The summed E-state index contributed by atoms with van der Waals surface area (Å²) in [4.78, 5) is 13.6. The Bertz CT molecular complexity index is 1040. The maximum absolute atomic E-state index is 11.5. The van der Waals surface area contributed by atoms with E-state index in [9.17, 15) is 15.0 Å². The van der Waals surface area contributed by atoms with Gasteiger partial charge in [0, 0.05) is 19.1 Å². The maximum Gasteiger partial charge on any atom is 0.344 e. The zero-order valence-corrected chi connectivity index (χ0v) is 21.5. The van der Waals surface area contributed by atoms with Gasteiger partial charge in [0.15, 0.2) is 6.61 Å². The first-order valence-electron chi connectivity index (χ1n) is 12.6. The van der Waals surface area contributed by atoms with Gasteiger partial charge in [-0.1, -0.05) is 60.7 Å². The third kappa shape index (κ3) is 9.88. The molecule has 0 radical (unpaired) electrons. The van der Waals surface area contributed by atoms with Gasteiger partial charge in [0.1, 0.15) is 24.2 Å². The lowest BCUT2D eigenvalue weighted by Gasteiger charge is -2.33. The van der Waals surface area contributed by atoms with Gasteiger partial charge in [0.05, 0.1) is 12.7 Å². The van der Waals surface area contributed by atoms with E-state index in [1.807, 2.05) is 84.9 Å². The molecule has 0 fully saturated rings. The molecule has 0 bridgehead atoms. The van der Waals surface area contributed by atoms with Gasteiger partial charge in [-0.3, -0.25) is 4.90 Å². The lowest BCUT2D eigenvalue weighted by atomic mass is 10.0. The van der Waals surface area contributed by atoms with Crippen LogP contribution in [0.4, 0.5) is 0 Å². The van der Waals surface area contributed by atoms with E-state index >= 15 is 0 Å². The molecule has 3 aromatic rings. The molecule has 0 heterocycles. The van der Waals surface area contributed by atoms with E-state index in [4.69, 9.17) is 14.2 Å². The number of benzene rings is 3. The van der Waals surface area contributed by atoms with Gasteiger partial charge in [0.2, 0.25) is 0 Å². The minimum atomic E-state index is -0.732. The standard InChI is InChI=1S/C30H37NO6/c1-3-35-30(34)22-37-28-16-14-24(15-17-28)18-23(2)31(20-29(33)25-10-6-4-7-11-25)19-26(32)21-36-27-12-8-5-9-13-27/h4-17,23,26,29,32-33H,3,18-22H2,1-2H3/t23-,26-,29+/m1/s1.